The maximum Gasteiger partial charge on any atom is 0.115 e. The Hall–Kier alpha value is -0.920. The van der Waals surface area contributed by atoms with Crippen LogP contribution in [0, 0.1) is 6.92 Å². The average molecular weight is 150 g/mol. The fourth-order valence-corrected chi connectivity index (χ4v) is 1.03. The Balaban J connectivity index is 2.62. The number of unbranched alkanes of at least 4 members (excludes halogenated alkanes) is 1. The molecule has 0 atom stereocenters. The highest BCUT2D eigenvalue weighted by Gasteiger charge is 1.96. The fraction of sp³-hybridized carbons (Fsp3) is 0.556. The summed E-state index contributed by atoms with van der Waals surface area (Å²) in [4.78, 5) is 8.15. The molecular formula is C9H14N2. The Morgan fingerprint density at radius 3 is 2.91 bits per heavy atom. The molecule has 1 rings (SSSR count). The lowest BCUT2D eigenvalue weighted by molar-refractivity contribution is 0.767. The van der Waals surface area contributed by atoms with Crippen molar-refractivity contribution < 1.29 is 0 Å². The van der Waals surface area contributed by atoms with Gasteiger partial charge in [-0.15, -0.1) is 0 Å². The van der Waals surface area contributed by atoms with E-state index in [9.17, 15) is 0 Å². The summed E-state index contributed by atoms with van der Waals surface area (Å²) in [6.45, 7) is 4.25. The lowest BCUT2D eigenvalue weighted by atomic mass is 10.1. The van der Waals surface area contributed by atoms with Crippen LogP contribution < -0.4 is 0 Å². The largest absolute Gasteiger partial charge is 0.245 e. The van der Waals surface area contributed by atoms with E-state index in [1.165, 1.54) is 24.1 Å². The Morgan fingerprint density at radius 1 is 1.45 bits per heavy atom. The van der Waals surface area contributed by atoms with E-state index < -0.39 is 0 Å². The van der Waals surface area contributed by atoms with Crippen molar-refractivity contribution in [2.75, 3.05) is 0 Å². The van der Waals surface area contributed by atoms with Crippen molar-refractivity contribution in [3.8, 4) is 0 Å². The molecule has 2 heteroatoms. The van der Waals surface area contributed by atoms with Gasteiger partial charge in [0.2, 0.25) is 0 Å². The maximum absolute atomic E-state index is 4.20. The zero-order valence-electron chi connectivity index (χ0n) is 7.17. The molecule has 0 aromatic carbocycles. The molecular weight excluding hydrogens is 136 g/mol. The van der Waals surface area contributed by atoms with Crippen LogP contribution in [0.3, 0.4) is 0 Å². The summed E-state index contributed by atoms with van der Waals surface area (Å²) in [5.74, 6) is 0. The van der Waals surface area contributed by atoms with Crippen LogP contribution in [0.4, 0.5) is 0 Å². The second-order valence-electron chi connectivity index (χ2n) is 2.76. The third kappa shape index (κ3) is 2.30. The highest BCUT2D eigenvalue weighted by atomic mass is 14.8. The highest BCUT2D eigenvalue weighted by molar-refractivity contribution is 5.13. The van der Waals surface area contributed by atoms with Gasteiger partial charge in [-0.3, -0.25) is 0 Å². The van der Waals surface area contributed by atoms with Crippen LogP contribution in [0.2, 0.25) is 0 Å². The number of aromatic nitrogens is 2. The van der Waals surface area contributed by atoms with Crippen LogP contribution in [-0.2, 0) is 6.42 Å². The average Bonchev–Trinajstić information content (AvgIpc) is 2.03. The molecule has 0 N–H and O–H groups in total. The summed E-state index contributed by atoms with van der Waals surface area (Å²) >= 11 is 0. The number of nitrogens with zero attached hydrogens (tertiary/aromatic N) is 2. The molecule has 0 saturated carbocycles. The van der Waals surface area contributed by atoms with E-state index in [0.717, 1.165) is 6.42 Å². The van der Waals surface area contributed by atoms with Crippen molar-refractivity contribution in [3.05, 3.63) is 23.8 Å². The molecule has 0 fully saturated rings. The van der Waals surface area contributed by atoms with Gasteiger partial charge in [0, 0.05) is 11.9 Å². The van der Waals surface area contributed by atoms with Crippen molar-refractivity contribution in [2.45, 2.75) is 33.1 Å². The lowest BCUT2D eigenvalue weighted by Gasteiger charge is -2.00. The predicted octanol–water partition coefficient (Wildman–Crippen LogP) is 2.13. The van der Waals surface area contributed by atoms with Crippen LogP contribution >= 0.6 is 0 Å². The molecule has 1 aromatic heterocycles. The molecule has 11 heavy (non-hydrogen) atoms. The Morgan fingerprint density at radius 2 is 2.27 bits per heavy atom. The zero-order chi connectivity index (χ0) is 8.10. The van der Waals surface area contributed by atoms with Crippen LogP contribution in [0.15, 0.2) is 12.5 Å². The molecule has 1 aromatic rings. The van der Waals surface area contributed by atoms with Crippen LogP contribution in [0.25, 0.3) is 0 Å². The molecule has 0 bridgehead atoms. The van der Waals surface area contributed by atoms with Gasteiger partial charge in [-0.25, -0.2) is 9.97 Å². The van der Waals surface area contributed by atoms with Crippen LogP contribution in [-0.4, -0.2) is 9.97 Å². The van der Waals surface area contributed by atoms with Gasteiger partial charge < -0.3 is 0 Å². The third-order valence-electron chi connectivity index (χ3n) is 1.77. The minimum Gasteiger partial charge on any atom is -0.245 e. The van der Waals surface area contributed by atoms with E-state index in [-0.39, 0.29) is 0 Å². The molecule has 60 valence electrons. The summed E-state index contributed by atoms with van der Waals surface area (Å²) in [6, 6.07) is 0. The van der Waals surface area contributed by atoms with Crippen molar-refractivity contribution in [1.29, 1.82) is 0 Å². The summed E-state index contributed by atoms with van der Waals surface area (Å²) in [6.07, 6.45) is 7.03. The standard InChI is InChI=1S/C9H14N2/c1-3-4-5-9-8(2)6-10-7-11-9/h6-7H,3-5H2,1-2H3. The van der Waals surface area contributed by atoms with E-state index >= 15 is 0 Å². The maximum atomic E-state index is 4.20. The molecule has 0 unspecified atom stereocenters. The van der Waals surface area contributed by atoms with E-state index in [1.807, 2.05) is 6.20 Å². The molecule has 0 aliphatic carbocycles. The summed E-state index contributed by atoms with van der Waals surface area (Å²) < 4.78 is 0. The van der Waals surface area contributed by atoms with Gasteiger partial charge in [0.15, 0.2) is 0 Å². The molecule has 0 radical (unpaired) electrons. The second kappa shape index (κ2) is 4.06. The molecule has 1 heterocycles. The molecule has 0 amide bonds. The van der Waals surface area contributed by atoms with Crippen LogP contribution in [0.5, 0.6) is 0 Å². The van der Waals surface area contributed by atoms with Crippen molar-refractivity contribution in [3.63, 3.8) is 0 Å². The van der Waals surface area contributed by atoms with Crippen LogP contribution in [0.1, 0.15) is 31.0 Å². The van der Waals surface area contributed by atoms with Gasteiger partial charge in [0.25, 0.3) is 0 Å². The monoisotopic (exact) mass is 150 g/mol. The van der Waals surface area contributed by atoms with Crippen molar-refractivity contribution >= 4 is 0 Å². The first-order valence-corrected chi connectivity index (χ1v) is 4.10. The number of hydrogen-bond acceptors (Lipinski definition) is 2. The highest BCUT2D eigenvalue weighted by Crippen LogP contribution is 2.05. The second-order valence-corrected chi connectivity index (χ2v) is 2.76. The number of hydrogen-bond donors (Lipinski definition) is 0. The van der Waals surface area contributed by atoms with Gasteiger partial charge in [0.1, 0.15) is 6.33 Å². The molecule has 0 aliphatic rings. The zero-order valence-corrected chi connectivity index (χ0v) is 7.17. The smallest absolute Gasteiger partial charge is 0.115 e. The van der Waals surface area contributed by atoms with Crippen molar-refractivity contribution in [2.24, 2.45) is 0 Å². The van der Waals surface area contributed by atoms with Crippen molar-refractivity contribution in [1.82, 2.24) is 9.97 Å². The van der Waals surface area contributed by atoms with Gasteiger partial charge >= 0.3 is 0 Å². The fourth-order valence-electron chi connectivity index (χ4n) is 1.03. The normalized spacial score (nSPS) is 10.0. The SMILES string of the molecule is CCCCc1ncncc1C. The van der Waals surface area contributed by atoms with Gasteiger partial charge in [-0.1, -0.05) is 13.3 Å². The van der Waals surface area contributed by atoms with E-state index in [4.69, 9.17) is 0 Å². The quantitative estimate of drug-likeness (QED) is 0.659. The van der Waals surface area contributed by atoms with Gasteiger partial charge in [0.05, 0.1) is 0 Å². The predicted molar refractivity (Wildman–Crippen MR) is 45.4 cm³/mol. The first-order chi connectivity index (χ1) is 5.34. The van der Waals surface area contributed by atoms with Gasteiger partial charge in [-0.2, -0.15) is 0 Å². The van der Waals surface area contributed by atoms with E-state index in [2.05, 4.69) is 23.8 Å². The lowest BCUT2D eigenvalue weighted by Crippen LogP contribution is -1.94. The minimum absolute atomic E-state index is 1.09. The first kappa shape index (κ1) is 8.18. The Kier molecular flexibility index (Phi) is 3.02. The van der Waals surface area contributed by atoms with E-state index in [0.29, 0.717) is 0 Å². The topological polar surface area (TPSA) is 25.8 Å². The molecule has 0 saturated heterocycles. The Bertz CT molecular complexity index is 221. The summed E-state index contributed by atoms with van der Waals surface area (Å²) in [7, 11) is 0. The Labute approximate surface area is 67.7 Å². The molecule has 0 aliphatic heterocycles. The van der Waals surface area contributed by atoms with Gasteiger partial charge in [-0.05, 0) is 25.3 Å². The van der Waals surface area contributed by atoms with E-state index in [1.54, 1.807) is 6.33 Å². The first-order valence-electron chi connectivity index (χ1n) is 4.10. The molecule has 0 spiro atoms. The molecule has 2 nitrogen and oxygen atoms in total. The number of aryl methyl sites for hydroxylation is 2. The minimum atomic E-state index is 1.09. The summed E-state index contributed by atoms with van der Waals surface area (Å²) in [5, 5.41) is 0. The third-order valence-corrected chi connectivity index (χ3v) is 1.77. The number of rotatable bonds is 3. The summed E-state index contributed by atoms with van der Waals surface area (Å²) in [5.41, 5.74) is 2.41.